The summed E-state index contributed by atoms with van der Waals surface area (Å²) >= 11 is 8.07. The van der Waals surface area contributed by atoms with Gasteiger partial charge in [0.15, 0.2) is 5.13 Å². The zero-order valence-corrected chi connectivity index (χ0v) is 17.6. The van der Waals surface area contributed by atoms with Crippen LogP contribution < -0.4 is 4.90 Å². The minimum absolute atomic E-state index is 0.618. The molecule has 1 aliphatic heterocycles. The minimum atomic E-state index is 0.618. The summed E-state index contributed by atoms with van der Waals surface area (Å²) in [4.78, 5) is 12.7. The Balaban J connectivity index is 1.53. The van der Waals surface area contributed by atoms with E-state index in [0.717, 1.165) is 37.7 Å². The zero-order valence-electron chi connectivity index (χ0n) is 16.0. The van der Waals surface area contributed by atoms with E-state index in [-0.39, 0.29) is 0 Å². The second kappa shape index (κ2) is 9.18. The van der Waals surface area contributed by atoms with Gasteiger partial charge in [-0.3, -0.25) is 4.90 Å². The molecule has 2 heterocycles. The van der Waals surface area contributed by atoms with E-state index in [0.29, 0.717) is 11.2 Å². The molecule has 142 valence electrons. The van der Waals surface area contributed by atoms with Crippen molar-refractivity contribution in [3.05, 3.63) is 45.9 Å². The number of halogens is 1. The zero-order chi connectivity index (χ0) is 18.5. The van der Waals surface area contributed by atoms with E-state index in [4.69, 9.17) is 11.6 Å². The summed E-state index contributed by atoms with van der Waals surface area (Å²) in [6.45, 7) is 4.27. The monoisotopic (exact) mass is 392 g/mol. The maximum Gasteiger partial charge on any atom is 0.186 e. The second-order valence-corrected chi connectivity index (χ2v) is 8.77. The van der Waals surface area contributed by atoms with Crippen molar-refractivity contribution in [3.63, 3.8) is 0 Å². The van der Waals surface area contributed by atoms with Crippen LogP contribution in [0.15, 0.2) is 30.3 Å². The topological polar surface area (TPSA) is 22.6 Å². The molecule has 0 spiro atoms. The Labute approximate surface area is 166 Å². The van der Waals surface area contributed by atoms with E-state index in [9.17, 15) is 0 Å². The molecule has 0 saturated carbocycles. The van der Waals surface area contributed by atoms with Gasteiger partial charge in [-0.1, -0.05) is 53.3 Å². The standard InChI is InChI=1S/C20H29ClN4S/c1-23(2)20-22-19(21)18(26-20)15-25-12-7-10-17(14-25)24(3)13-11-16-8-5-4-6-9-16/h4-6,8-9,17H,7,10-15H2,1-3H3/t17-/m1/s1. The fourth-order valence-corrected chi connectivity index (χ4v) is 4.70. The molecule has 0 unspecified atom stereocenters. The van der Waals surface area contributed by atoms with Gasteiger partial charge in [-0.25, -0.2) is 4.98 Å². The fourth-order valence-electron chi connectivity index (χ4n) is 3.48. The number of rotatable bonds is 7. The van der Waals surface area contributed by atoms with Crippen molar-refractivity contribution >= 4 is 28.1 Å². The third kappa shape index (κ3) is 5.19. The lowest BCUT2D eigenvalue weighted by Crippen LogP contribution is -2.46. The molecule has 2 aromatic rings. The average molecular weight is 393 g/mol. The molecular weight excluding hydrogens is 364 g/mol. The number of likely N-dealkylation sites (N-methyl/N-ethyl adjacent to an activating group) is 1. The Hall–Kier alpha value is -1.14. The van der Waals surface area contributed by atoms with E-state index in [1.807, 2.05) is 19.0 Å². The molecule has 1 atom stereocenters. The van der Waals surface area contributed by atoms with Crippen LogP contribution in [-0.4, -0.2) is 61.6 Å². The van der Waals surface area contributed by atoms with Gasteiger partial charge in [0.2, 0.25) is 0 Å². The van der Waals surface area contributed by atoms with Crippen LogP contribution >= 0.6 is 22.9 Å². The van der Waals surface area contributed by atoms with Gasteiger partial charge in [0.1, 0.15) is 5.15 Å². The Kier molecular flexibility index (Phi) is 6.92. The molecule has 1 saturated heterocycles. The van der Waals surface area contributed by atoms with Gasteiger partial charge in [0, 0.05) is 39.8 Å². The first-order valence-electron chi connectivity index (χ1n) is 9.32. The smallest absolute Gasteiger partial charge is 0.186 e. The highest BCUT2D eigenvalue weighted by Gasteiger charge is 2.24. The largest absolute Gasteiger partial charge is 0.354 e. The Morgan fingerprint density at radius 1 is 1.23 bits per heavy atom. The first-order chi connectivity index (χ1) is 12.5. The highest BCUT2D eigenvalue weighted by atomic mass is 35.5. The van der Waals surface area contributed by atoms with E-state index in [1.165, 1.54) is 23.3 Å². The van der Waals surface area contributed by atoms with Crippen molar-refractivity contribution in [2.75, 3.05) is 45.7 Å². The van der Waals surface area contributed by atoms with Gasteiger partial charge in [0.05, 0.1) is 4.88 Å². The second-order valence-electron chi connectivity index (χ2n) is 7.35. The van der Waals surface area contributed by atoms with Gasteiger partial charge in [-0.15, -0.1) is 0 Å². The molecule has 4 nitrogen and oxygen atoms in total. The summed E-state index contributed by atoms with van der Waals surface area (Å²) in [5.74, 6) is 0. The highest BCUT2D eigenvalue weighted by molar-refractivity contribution is 7.16. The minimum Gasteiger partial charge on any atom is -0.354 e. The van der Waals surface area contributed by atoms with Crippen LogP contribution in [0.5, 0.6) is 0 Å². The van der Waals surface area contributed by atoms with Crippen LogP contribution in [0.1, 0.15) is 23.3 Å². The number of thiazole rings is 1. The lowest BCUT2D eigenvalue weighted by Gasteiger charge is -2.37. The number of anilines is 1. The van der Waals surface area contributed by atoms with Crippen LogP contribution in [0.3, 0.4) is 0 Å². The Morgan fingerprint density at radius 3 is 2.69 bits per heavy atom. The molecule has 0 N–H and O–H groups in total. The first-order valence-corrected chi connectivity index (χ1v) is 10.5. The maximum atomic E-state index is 6.36. The third-order valence-corrected chi connectivity index (χ3v) is 6.72. The number of hydrogen-bond donors (Lipinski definition) is 0. The molecule has 26 heavy (non-hydrogen) atoms. The normalized spacial score (nSPS) is 18.4. The van der Waals surface area contributed by atoms with Gasteiger partial charge >= 0.3 is 0 Å². The molecular formula is C20H29ClN4S. The predicted molar refractivity (Wildman–Crippen MR) is 113 cm³/mol. The Bertz CT molecular complexity index is 688. The molecule has 0 radical (unpaired) electrons. The molecule has 0 aliphatic carbocycles. The summed E-state index contributed by atoms with van der Waals surface area (Å²) < 4.78 is 0. The van der Waals surface area contributed by atoms with Crippen LogP contribution in [0.25, 0.3) is 0 Å². The quantitative estimate of drug-likeness (QED) is 0.710. The molecule has 1 fully saturated rings. The van der Waals surface area contributed by atoms with Crippen LogP contribution in [0.2, 0.25) is 5.15 Å². The lowest BCUT2D eigenvalue weighted by atomic mass is 10.0. The fraction of sp³-hybridized carbons (Fsp3) is 0.550. The summed E-state index contributed by atoms with van der Waals surface area (Å²) in [7, 11) is 6.29. The van der Waals surface area contributed by atoms with Gasteiger partial charge in [0.25, 0.3) is 0 Å². The summed E-state index contributed by atoms with van der Waals surface area (Å²) in [6, 6.07) is 11.4. The SMILES string of the molecule is CN(C)c1nc(Cl)c(CN2CCC[C@@H](N(C)CCc3ccccc3)C2)s1. The number of hydrogen-bond acceptors (Lipinski definition) is 5. The molecule has 3 rings (SSSR count). The van der Waals surface area contributed by atoms with Gasteiger partial charge in [-0.05, 0) is 38.4 Å². The number of likely N-dealkylation sites (tertiary alicyclic amines) is 1. The predicted octanol–water partition coefficient (Wildman–Crippen LogP) is 4.00. The number of piperidine rings is 1. The van der Waals surface area contributed by atoms with Crippen molar-refractivity contribution in [1.82, 2.24) is 14.8 Å². The molecule has 1 aromatic carbocycles. The molecule has 1 aromatic heterocycles. The lowest BCUT2D eigenvalue weighted by molar-refractivity contribution is 0.113. The number of aromatic nitrogens is 1. The number of nitrogens with zero attached hydrogens (tertiary/aromatic N) is 4. The van der Waals surface area contributed by atoms with E-state index in [2.05, 4.69) is 52.2 Å². The Morgan fingerprint density at radius 2 is 2.00 bits per heavy atom. The summed E-state index contributed by atoms with van der Waals surface area (Å²) in [6.07, 6.45) is 3.64. The van der Waals surface area contributed by atoms with Crippen LogP contribution in [0, 0.1) is 0 Å². The molecule has 1 aliphatic rings. The van der Waals surface area contributed by atoms with Crippen LogP contribution in [-0.2, 0) is 13.0 Å². The van der Waals surface area contributed by atoms with Gasteiger partial charge in [-0.2, -0.15) is 0 Å². The van der Waals surface area contributed by atoms with Crippen molar-refractivity contribution in [2.24, 2.45) is 0 Å². The van der Waals surface area contributed by atoms with Gasteiger partial charge < -0.3 is 9.80 Å². The maximum absolute atomic E-state index is 6.36. The molecule has 0 bridgehead atoms. The van der Waals surface area contributed by atoms with Crippen LogP contribution in [0.4, 0.5) is 5.13 Å². The van der Waals surface area contributed by atoms with Crippen molar-refractivity contribution in [2.45, 2.75) is 31.8 Å². The third-order valence-electron chi connectivity index (χ3n) is 5.09. The first kappa shape index (κ1) is 19.6. The van der Waals surface area contributed by atoms with E-state index >= 15 is 0 Å². The van der Waals surface area contributed by atoms with Crippen molar-refractivity contribution in [1.29, 1.82) is 0 Å². The molecule has 6 heteroatoms. The van der Waals surface area contributed by atoms with Crippen molar-refractivity contribution < 1.29 is 0 Å². The summed E-state index contributed by atoms with van der Waals surface area (Å²) in [5.41, 5.74) is 1.42. The summed E-state index contributed by atoms with van der Waals surface area (Å²) in [5, 5.41) is 1.65. The number of benzene rings is 1. The van der Waals surface area contributed by atoms with E-state index in [1.54, 1.807) is 11.3 Å². The van der Waals surface area contributed by atoms with Crippen molar-refractivity contribution in [3.8, 4) is 0 Å². The molecule has 0 amide bonds. The van der Waals surface area contributed by atoms with E-state index < -0.39 is 0 Å². The average Bonchev–Trinajstić information content (AvgIpc) is 3.02. The highest BCUT2D eigenvalue weighted by Crippen LogP contribution is 2.30.